The summed E-state index contributed by atoms with van der Waals surface area (Å²) in [6.45, 7) is 1.77. The van der Waals surface area contributed by atoms with Gasteiger partial charge in [-0.2, -0.15) is 0 Å². The molecule has 192 valence electrons. The smallest absolute Gasteiger partial charge is 0.496 e. The molecule has 0 bridgehead atoms. The zero-order valence-corrected chi connectivity index (χ0v) is 20.1. The number of hydrogen-bond acceptors (Lipinski definition) is 6. The number of para-hydroxylation sites is 1. The van der Waals surface area contributed by atoms with Crippen LogP contribution in [0, 0.1) is 0 Å². The molecule has 0 unspecified atom stereocenters. The second-order valence-electron chi connectivity index (χ2n) is 7.31. The van der Waals surface area contributed by atoms with Crippen molar-refractivity contribution in [3.05, 3.63) is 72.3 Å². The number of carbonyl (C=O) groups is 1. The molecule has 12 heteroatoms. The zero-order chi connectivity index (χ0) is 26.3. The normalized spacial score (nSPS) is 11.5. The molecule has 0 spiro atoms. The van der Waals surface area contributed by atoms with E-state index in [4.69, 9.17) is 9.47 Å². The number of alkyl halides is 3. The Morgan fingerprint density at radius 2 is 1.69 bits per heavy atom. The Hall–Kier alpha value is -3.93. The largest absolute Gasteiger partial charge is 0.573 e. The van der Waals surface area contributed by atoms with Gasteiger partial charge in [0.1, 0.15) is 22.1 Å². The fourth-order valence-corrected chi connectivity index (χ4v) is 4.45. The molecule has 36 heavy (non-hydrogen) atoms. The molecule has 1 amide bonds. The molecular weight excluding hydrogens is 501 g/mol. The second kappa shape index (κ2) is 11.2. The van der Waals surface area contributed by atoms with E-state index in [1.807, 2.05) is 0 Å². The van der Waals surface area contributed by atoms with Crippen LogP contribution in [0.1, 0.15) is 12.5 Å². The average Bonchev–Trinajstić information content (AvgIpc) is 2.78. The van der Waals surface area contributed by atoms with Gasteiger partial charge in [0.2, 0.25) is 5.91 Å². The molecule has 2 N–H and O–H groups in total. The number of benzene rings is 3. The highest BCUT2D eigenvalue weighted by atomic mass is 32.2. The number of ether oxygens (including phenoxy) is 3. The van der Waals surface area contributed by atoms with Gasteiger partial charge in [-0.3, -0.25) is 9.52 Å². The van der Waals surface area contributed by atoms with Crippen molar-refractivity contribution < 1.29 is 40.6 Å². The molecule has 0 aliphatic heterocycles. The number of sulfonamides is 1. The highest BCUT2D eigenvalue weighted by molar-refractivity contribution is 7.92. The van der Waals surface area contributed by atoms with Crippen LogP contribution in [0.3, 0.4) is 0 Å². The van der Waals surface area contributed by atoms with Gasteiger partial charge in [-0.15, -0.1) is 13.2 Å². The van der Waals surface area contributed by atoms with Crippen LogP contribution in [0.25, 0.3) is 0 Å². The van der Waals surface area contributed by atoms with E-state index >= 15 is 0 Å². The van der Waals surface area contributed by atoms with E-state index in [1.54, 1.807) is 31.2 Å². The molecule has 0 aliphatic carbocycles. The Labute approximate surface area is 206 Å². The first-order valence-corrected chi connectivity index (χ1v) is 12.1. The van der Waals surface area contributed by atoms with Crippen molar-refractivity contribution in [2.75, 3.05) is 23.8 Å². The first-order valence-electron chi connectivity index (χ1n) is 10.6. The standard InChI is InChI=1S/C24H23F3N2O6S/c1-3-34-21-15-17(28-23(30)13-16-7-4-5-10-20(16)33-2)11-12-22(21)36(31,32)29-18-8-6-9-19(14-18)35-24(25,26)27/h4-12,14-15,29H,3,13H2,1-2H3,(H,28,30). The molecule has 3 aromatic rings. The van der Waals surface area contributed by atoms with Gasteiger partial charge >= 0.3 is 6.36 Å². The van der Waals surface area contributed by atoms with Crippen LogP contribution in [-0.4, -0.2) is 34.4 Å². The van der Waals surface area contributed by atoms with Crippen LogP contribution in [-0.2, 0) is 21.2 Å². The Kier molecular flexibility index (Phi) is 8.30. The molecule has 0 saturated heterocycles. The van der Waals surface area contributed by atoms with Crippen molar-refractivity contribution >= 4 is 27.3 Å². The van der Waals surface area contributed by atoms with Gasteiger partial charge in [-0.05, 0) is 37.3 Å². The number of nitrogens with one attached hydrogen (secondary N) is 2. The van der Waals surface area contributed by atoms with Gasteiger partial charge in [0, 0.05) is 23.4 Å². The molecule has 0 radical (unpaired) electrons. The molecule has 0 saturated carbocycles. The highest BCUT2D eigenvalue weighted by Crippen LogP contribution is 2.31. The van der Waals surface area contributed by atoms with Crippen molar-refractivity contribution in [1.29, 1.82) is 0 Å². The minimum absolute atomic E-state index is 0.0198. The predicted molar refractivity (Wildman–Crippen MR) is 127 cm³/mol. The summed E-state index contributed by atoms with van der Waals surface area (Å²) >= 11 is 0. The van der Waals surface area contributed by atoms with E-state index in [0.29, 0.717) is 11.3 Å². The van der Waals surface area contributed by atoms with E-state index in [-0.39, 0.29) is 41.0 Å². The van der Waals surface area contributed by atoms with Gasteiger partial charge in [-0.25, -0.2) is 8.42 Å². The quantitative estimate of drug-likeness (QED) is 0.388. The van der Waals surface area contributed by atoms with Crippen LogP contribution in [0.15, 0.2) is 71.6 Å². The first kappa shape index (κ1) is 26.7. The molecule has 3 rings (SSSR count). The van der Waals surface area contributed by atoms with Gasteiger partial charge in [0.25, 0.3) is 10.0 Å². The summed E-state index contributed by atoms with van der Waals surface area (Å²) in [5, 5.41) is 2.69. The lowest BCUT2D eigenvalue weighted by Gasteiger charge is -2.15. The molecule has 0 aliphatic rings. The van der Waals surface area contributed by atoms with Gasteiger partial charge in [-0.1, -0.05) is 24.3 Å². The third-order valence-corrected chi connectivity index (χ3v) is 6.10. The summed E-state index contributed by atoms with van der Waals surface area (Å²) in [7, 11) is -2.77. The molecule has 0 aromatic heterocycles. The topological polar surface area (TPSA) is 103 Å². The Morgan fingerprint density at radius 1 is 0.944 bits per heavy atom. The Balaban J connectivity index is 1.80. The van der Waals surface area contributed by atoms with E-state index < -0.39 is 22.1 Å². The van der Waals surface area contributed by atoms with Crippen molar-refractivity contribution in [3.63, 3.8) is 0 Å². The monoisotopic (exact) mass is 524 g/mol. The van der Waals surface area contributed by atoms with Crippen molar-refractivity contribution in [2.45, 2.75) is 24.6 Å². The average molecular weight is 525 g/mol. The SMILES string of the molecule is CCOc1cc(NC(=O)Cc2ccccc2OC)ccc1S(=O)(=O)Nc1cccc(OC(F)(F)F)c1. The van der Waals surface area contributed by atoms with Crippen LogP contribution in [0.4, 0.5) is 24.5 Å². The minimum atomic E-state index is -4.93. The number of anilines is 2. The highest BCUT2D eigenvalue weighted by Gasteiger charge is 2.31. The maximum Gasteiger partial charge on any atom is 0.573 e. The molecule has 0 heterocycles. The number of hydrogen-bond donors (Lipinski definition) is 2. The third-order valence-electron chi connectivity index (χ3n) is 4.68. The molecule has 0 atom stereocenters. The Morgan fingerprint density at radius 3 is 2.39 bits per heavy atom. The van der Waals surface area contributed by atoms with Crippen LogP contribution in [0.2, 0.25) is 0 Å². The Bertz CT molecular complexity index is 1330. The molecule has 8 nitrogen and oxygen atoms in total. The fraction of sp³-hybridized carbons (Fsp3) is 0.208. The summed E-state index contributed by atoms with van der Waals surface area (Å²) in [5.41, 5.74) is 0.814. The van der Waals surface area contributed by atoms with Crippen LogP contribution in [0.5, 0.6) is 17.2 Å². The minimum Gasteiger partial charge on any atom is -0.496 e. The lowest BCUT2D eigenvalue weighted by molar-refractivity contribution is -0.274. The summed E-state index contributed by atoms with van der Waals surface area (Å²) in [6.07, 6.45) is -4.91. The van der Waals surface area contributed by atoms with Crippen molar-refractivity contribution in [2.24, 2.45) is 0 Å². The van der Waals surface area contributed by atoms with Gasteiger partial charge < -0.3 is 19.5 Å². The summed E-state index contributed by atoms with van der Waals surface area (Å²) in [5.74, 6) is -0.444. The number of rotatable bonds is 10. The molecule has 0 fully saturated rings. The van der Waals surface area contributed by atoms with Crippen LogP contribution >= 0.6 is 0 Å². The first-order chi connectivity index (χ1) is 17.0. The molecular formula is C24H23F3N2O6S. The zero-order valence-electron chi connectivity index (χ0n) is 19.3. The van der Waals surface area contributed by atoms with Crippen LogP contribution < -0.4 is 24.2 Å². The third kappa shape index (κ3) is 7.28. The molecule has 3 aromatic carbocycles. The maximum atomic E-state index is 13.0. The van der Waals surface area contributed by atoms with Crippen molar-refractivity contribution in [3.8, 4) is 17.2 Å². The van der Waals surface area contributed by atoms with Gasteiger partial charge in [0.05, 0.1) is 25.8 Å². The maximum absolute atomic E-state index is 13.0. The fourth-order valence-electron chi connectivity index (χ4n) is 3.27. The second-order valence-corrected chi connectivity index (χ2v) is 8.96. The lowest BCUT2D eigenvalue weighted by atomic mass is 10.1. The number of carbonyl (C=O) groups excluding carboxylic acids is 1. The predicted octanol–water partition coefficient (Wildman–Crippen LogP) is 4.97. The lowest BCUT2D eigenvalue weighted by Crippen LogP contribution is -2.18. The van der Waals surface area contributed by atoms with Gasteiger partial charge in [0.15, 0.2) is 0 Å². The summed E-state index contributed by atoms with van der Waals surface area (Å²) in [6, 6.07) is 15.4. The number of methoxy groups -OCH3 is 1. The van der Waals surface area contributed by atoms with E-state index in [2.05, 4.69) is 14.8 Å². The van der Waals surface area contributed by atoms with E-state index in [0.717, 1.165) is 12.1 Å². The summed E-state index contributed by atoms with van der Waals surface area (Å²) in [4.78, 5) is 12.3. The van der Waals surface area contributed by atoms with E-state index in [9.17, 15) is 26.4 Å². The van der Waals surface area contributed by atoms with E-state index in [1.165, 1.54) is 37.4 Å². The summed E-state index contributed by atoms with van der Waals surface area (Å²) < 4.78 is 80.2. The number of halogens is 3. The van der Waals surface area contributed by atoms with Crippen molar-refractivity contribution in [1.82, 2.24) is 0 Å². The number of amides is 1.